The van der Waals surface area contributed by atoms with Crippen LogP contribution in [0.1, 0.15) is 56.5 Å². The van der Waals surface area contributed by atoms with Crippen LogP contribution in [0.15, 0.2) is 39.3 Å². The van der Waals surface area contributed by atoms with Gasteiger partial charge in [-0.2, -0.15) is 0 Å². The van der Waals surface area contributed by atoms with Crippen LogP contribution in [0.4, 0.5) is 4.39 Å². The van der Waals surface area contributed by atoms with Crippen LogP contribution in [0, 0.1) is 5.82 Å². The first kappa shape index (κ1) is 19.0. The van der Waals surface area contributed by atoms with Crippen molar-refractivity contribution in [2.24, 2.45) is 5.11 Å². The molecule has 2 aromatic rings. The molecule has 8 heteroatoms. The van der Waals surface area contributed by atoms with Gasteiger partial charge in [-0.3, -0.25) is 4.79 Å². The molecule has 1 heterocycles. The quantitative estimate of drug-likeness (QED) is 0.260. The van der Waals surface area contributed by atoms with Crippen molar-refractivity contribution in [1.82, 2.24) is 9.97 Å². The molecule has 0 amide bonds. The highest BCUT2D eigenvalue weighted by molar-refractivity contribution is 7.99. The number of hydrogen-bond donors (Lipinski definition) is 1. The number of aromatic nitrogens is 2. The summed E-state index contributed by atoms with van der Waals surface area (Å²) >= 11 is 1.42. The molecule has 1 aromatic carbocycles. The molecule has 25 heavy (non-hydrogen) atoms. The third-order valence-corrected chi connectivity index (χ3v) is 4.39. The van der Waals surface area contributed by atoms with E-state index in [1.54, 1.807) is 0 Å². The Kier molecular flexibility index (Phi) is 6.22. The average molecular weight is 361 g/mol. The van der Waals surface area contributed by atoms with Gasteiger partial charge in [0, 0.05) is 15.7 Å². The van der Waals surface area contributed by atoms with Crippen LogP contribution in [0.3, 0.4) is 0 Å². The molecule has 0 saturated carbocycles. The summed E-state index contributed by atoms with van der Waals surface area (Å²) < 4.78 is 13.2. The van der Waals surface area contributed by atoms with E-state index in [0.29, 0.717) is 22.0 Å². The van der Waals surface area contributed by atoms with Crippen molar-refractivity contribution in [1.29, 1.82) is 0 Å². The van der Waals surface area contributed by atoms with E-state index in [2.05, 4.69) is 20.0 Å². The van der Waals surface area contributed by atoms with Crippen molar-refractivity contribution < 1.29 is 4.39 Å². The van der Waals surface area contributed by atoms with Gasteiger partial charge in [-0.1, -0.05) is 56.7 Å². The first-order chi connectivity index (χ1) is 11.8. The maximum Gasteiger partial charge on any atom is 0.255 e. The van der Waals surface area contributed by atoms with Crippen LogP contribution in [0.5, 0.6) is 0 Å². The standard InChI is InChI=1S/C17H20FN5OS/c1-9(2)13-15(20-17(21-16(13)24)25-10(3)4)14(22-23-19)11-5-7-12(18)8-6-11/h5-10,14H,1-4H3,(H,20,21,24). The third kappa shape index (κ3) is 4.61. The van der Waals surface area contributed by atoms with Gasteiger partial charge < -0.3 is 4.98 Å². The summed E-state index contributed by atoms with van der Waals surface area (Å²) in [5.74, 6) is -0.497. The molecule has 0 bridgehead atoms. The molecule has 1 N–H and O–H groups in total. The zero-order valence-corrected chi connectivity index (χ0v) is 15.3. The first-order valence-electron chi connectivity index (χ1n) is 7.94. The highest BCUT2D eigenvalue weighted by Crippen LogP contribution is 2.31. The summed E-state index contributed by atoms with van der Waals surface area (Å²) in [6.07, 6.45) is 0. The van der Waals surface area contributed by atoms with Crippen LogP contribution >= 0.6 is 11.8 Å². The number of hydrogen-bond acceptors (Lipinski definition) is 4. The predicted molar refractivity (Wildman–Crippen MR) is 97.3 cm³/mol. The summed E-state index contributed by atoms with van der Waals surface area (Å²) in [6, 6.07) is 4.87. The maximum atomic E-state index is 13.2. The van der Waals surface area contributed by atoms with Gasteiger partial charge >= 0.3 is 0 Å². The molecule has 132 valence electrons. The minimum Gasteiger partial charge on any atom is -0.301 e. The molecule has 0 aliphatic carbocycles. The second-order valence-corrected chi connectivity index (χ2v) is 7.72. The molecule has 1 unspecified atom stereocenters. The Morgan fingerprint density at radius 3 is 2.40 bits per heavy atom. The Morgan fingerprint density at radius 2 is 1.88 bits per heavy atom. The number of azide groups is 1. The van der Waals surface area contributed by atoms with Gasteiger partial charge in [-0.05, 0) is 29.1 Å². The van der Waals surface area contributed by atoms with E-state index in [9.17, 15) is 9.18 Å². The Hall–Kier alpha value is -2.31. The minimum atomic E-state index is -0.795. The molecule has 0 aliphatic rings. The Balaban J connectivity index is 2.69. The fraction of sp³-hybridized carbons (Fsp3) is 0.412. The number of H-pyrrole nitrogens is 1. The summed E-state index contributed by atoms with van der Waals surface area (Å²) in [5.41, 5.74) is 10.2. The third-order valence-electron chi connectivity index (χ3n) is 3.50. The first-order valence-corrected chi connectivity index (χ1v) is 8.81. The Bertz CT molecular complexity index is 841. The fourth-order valence-electron chi connectivity index (χ4n) is 2.50. The number of nitrogens with one attached hydrogen (secondary N) is 1. The number of halogens is 1. The molecule has 0 radical (unpaired) electrons. The lowest BCUT2D eigenvalue weighted by Crippen LogP contribution is -2.22. The summed E-state index contributed by atoms with van der Waals surface area (Å²) in [5, 5.41) is 4.53. The molecule has 2 rings (SSSR count). The van der Waals surface area contributed by atoms with Crippen molar-refractivity contribution in [3.05, 3.63) is 67.7 Å². The molecular weight excluding hydrogens is 341 g/mol. The van der Waals surface area contributed by atoms with Gasteiger partial charge in [0.05, 0.1) is 5.69 Å². The van der Waals surface area contributed by atoms with E-state index in [4.69, 9.17) is 5.53 Å². The van der Waals surface area contributed by atoms with Gasteiger partial charge in [-0.15, -0.1) is 0 Å². The molecule has 6 nitrogen and oxygen atoms in total. The van der Waals surface area contributed by atoms with E-state index in [-0.39, 0.29) is 22.5 Å². The molecule has 0 saturated heterocycles. The monoisotopic (exact) mass is 361 g/mol. The van der Waals surface area contributed by atoms with Crippen LogP contribution in [-0.2, 0) is 0 Å². The zero-order valence-electron chi connectivity index (χ0n) is 14.5. The van der Waals surface area contributed by atoms with Crippen LogP contribution in [-0.4, -0.2) is 15.2 Å². The lowest BCUT2D eigenvalue weighted by atomic mass is 9.95. The van der Waals surface area contributed by atoms with Gasteiger partial charge in [0.25, 0.3) is 5.56 Å². The molecule has 1 aromatic heterocycles. The second-order valence-electron chi connectivity index (χ2n) is 6.15. The average Bonchev–Trinajstić information content (AvgIpc) is 2.52. The molecule has 0 aliphatic heterocycles. The van der Waals surface area contributed by atoms with Crippen molar-refractivity contribution in [2.45, 2.75) is 50.1 Å². The maximum absolute atomic E-state index is 13.2. The number of aromatic amines is 1. The van der Waals surface area contributed by atoms with E-state index in [1.165, 1.54) is 36.0 Å². The van der Waals surface area contributed by atoms with Crippen LogP contribution < -0.4 is 5.56 Å². The number of rotatable bonds is 6. The van der Waals surface area contributed by atoms with Crippen molar-refractivity contribution in [2.75, 3.05) is 0 Å². The van der Waals surface area contributed by atoms with Gasteiger partial charge in [0.2, 0.25) is 0 Å². The molecule has 0 spiro atoms. The van der Waals surface area contributed by atoms with E-state index >= 15 is 0 Å². The smallest absolute Gasteiger partial charge is 0.255 e. The van der Waals surface area contributed by atoms with E-state index in [0.717, 1.165) is 0 Å². The number of benzene rings is 1. The van der Waals surface area contributed by atoms with Crippen LogP contribution in [0.25, 0.3) is 10.4 Å². The molecule has 1 atom stereocenters. The Labute approximate surface area is 149 Å². The summed E-state index contributed by atoms with van der Waals surface area (Å²) in [7, 11) is 0. The van der Waals surface area contributed by atoms with Gasteiger partial charge in [0.1, 0.15) is 11.9 Å². The summed E-state index contributed by atoms with van der Waals surface area (Å²) in [4.78, 5) is 22.8. The van der Waals surface area contributed by atoms with Gasteiger partial charge in [-0.25, -0.2) is 9.37 Å². The Morgan fingerprint density at radius 1 is 1.24 bits per heavy atom. The summed E-state index contributed by atoms with van der Waals surface area (Å²) in [6.45, 7) is 7.74. The highest BCUT2D eigenvalue weighted by atomic mass is 32.2. The van der Waals surface area contributed by atoms with Crippen molar-refractivity contribution in [3.63, 3.8) is 0 Å². The number of thioether (sulfide) groups is 1. The van der Waals surface area contributed by atoms with Crippen molar-refractivity contribution in [3.8, 4) is 0 Å². The highest BCUT2D eigenvalue weighted by Gasteiger charge is 2.23. The molecule has 0 fully saturated rings. The largest absolute Gasteiger partial charge is 0.301 e. The normalized spacial score (nSPS) is 12.3. The molecular formula is C17H20FN5OS. The van der Waals surface area contributed by atoms with E-state index in [1.807, 2.05) is 27.7 Å². The predicted octanol–water partition coefficient (Wildman–Crippen LogP) is 4.93. The SMILES string of the molecule is CC(C)Sc1nc(C(N=[N+]=[N-])c2ccc(F)cc2)c(C(C)C)c(=O)[nH]1. The van der Waals surface area contributed by atoms with Crippen LogP contribution in [0.2, 0.25) is 0 Å². The van der Waals surface area contributed by atoms with Crippen molar-refractivity contribution >= 4 is 11.8 Å². The topological polar surface area (TPSA) is 94.5 Å². The lowest BCUT2D eigenvalue weighted by Gasteiger charge is -2.18. The van der Waals surface area contributed by atoms with Gasteiger partial charge in [0.15, 0.2) is 5.16 Å². The minimum absolute atomic E-state index is 0.110. The zero-order chi connectivity index (χ0) is 18.6. The number of nitrogens with zero attached hydrogens (tertiary/aromatic N) is 4. The van der Waals surface area contributed by atoms with E-state index < -0.39 is 6.04 Å². The second kappa shape index (κ2) is 8.18. The fourth-order valence-corrected chi connectivity index (χ4v) is 3.25. The lowest BCUT2D eigenvalue weighted by molar-refractivity contribution is 0.625.